The molecule has 0 aliphatic heterocycles. The number of hydrogen-bond donors (Lipinski definition) is 1. The van der Waals surface area contributed by atoms with Gasteiger partial charge in [0.25, 0.3) is 0 Å². The van der Waals surface area contributed by atoms with E-state index in [1.54, 1.807) is 0 Å². The summed E-state index contributed by atoms with van der Waals surface area (Å²) in [4.78, 5) is 3.41. The monoisotopic (exact) mass is 184 g/mol. The van der Waals surface area contributed by atoms with Crippen molar-refractivity contribution in [1.82, 2.24) is 9.38 Å². The van der Waals surface area contributed by atoms with Crippen molar-refractivity contribution in [2.45, 2.75) is 13.3 Å². The maximum absolute atomic E-state index is 3.41. The highest BCUT2D eigenvalue weighted by atomic mass is 14.9. The first kappa shape index (κ1) is 7.68. The molecule has 3 heterocycles. The lowest BCUT2D eigenvalue weighted by molar-refractivity contribution is 1.07. The lowest BCUT2D eigenvalue weighted by atomic mass is 10.3. The van der Waals surface area contributed by atoms with E-state index in [2.05, 4.69) is 52.8 Å². The van der Waals surface area contributed by atoms with Crippen molar-refractivity contribution >= 4 is 16.6 Å². The number of nitrogens with zero attached hydrogens (tertiary/aromatic N) is 1. The number of nitrogens with one attached hydrogen (secondary N) is 1. The second kappa shape index (κ2) is 2.64. The third-order valence-corrected chi connectivity index (χ3v) is 2.71. The average molecular weight is 184 g/mol. The van der Waals surface area contributed by atoms with Crippen LogP contribution in [0, 0.1) is 0 Å². The summed E-state index contributed by atoms with van der Waals surface area (Å²) in [6, 6.07) is 10.7. The zero-order valence-electron chi connectivity index (χ0n) is 8.12. The van der Waals surface area contributed by atoms with Crippen LogP contribution in [0.2, 0.25) is 0 Å². The Hall–Kier alpha value is -1.70. The zero-order valence-corrected chi connectivity index (χ0v) is 8.12. The van der Waals surface area contributed by atoms with Gasteiger partial charge in [-0.1, -0.05) is 13.0 Å². The minimum absolute atomic E-state index is 1.06. The average Bonchev–Trinajstić information content (AvgIpc) is 2.73. The van der Waals surface area contributed by atoms with Gasteiger partial charge in [0.15, 0.2) is 0 Å². The van der Waals surface area contributed by atoms with Crippen LogP contribution in [0.5, 0.6) is 0 Å². The van der Waals surface area contributed by atoms with Crippen LogP contribution in [-0.4, -0.2) is 9.38 Å². The van der Waals surface area contributed by atoms with Crippen molar-refractivity contribution in [3.63, 3.8) is 0 Å². The van der Waals surface area contributed by atoms with Crippen molar-refractivity contribution in [3.8, 4) is 0 Å². The van der Waals surface area contributed by atoms with E-state index < -0.39 is 0 Å². The normalized spacial score (nSPS) is 11.5. The van der Waals surface area contributed by atoms with Crippen LogP contribution in [0.4, 0.5) is 0 Å². The molecule has 0 radical (unpaired) electrons. The van der Waals surface area contributed by atoms with E-state index in [9.17, 15) is 0 Å². The van der Waals surface area contributed by atoms with Gasteiger partial charge in [-0.15, -0.1) is 0 Å². The van der Waals surface area contributed by atoms with Crippen molar-refractivity contribution in [3.05, 3.63) is 42.2 Å². The molecule has 0 amide bonds. The van der Waals surface area contributed by atoms with Crippen molar-refractivity contribution in [2.24, 2.45) is 0 Å². The number of aromatic amines is 1. The van der Waals surface area contributed by atoms with E-state index in [4.69, 9.17) is 0 Å². The lowest BCUT2D eigenvalue weighted by Crippen LogP contribution is -1.80. The van der Waals surface area contributed by atoms with Gasteiger partial charge in [0, 0.05) is 17.4 Å². The van der Waals surface area contributed by atoms with Crippen molar-refractivity contribution in [1.29, 1.82) is 0 Å². The van der Waals surface area contributed by atoms with Crippen LogP contribution in [0.1, 0.15) is 12.6 Å². The molecular weight excluding hydrogens is 172 g/mol. The van der Waals surface area contributed by atoms with Gasteiger partial charge in [-0.3, -0.25) is 0 Å². The molecule has 3 aromatic heterocycles. The summed E-state index contributed by atoms with van der Waals surface area (Å²) >= 11 is 0. The summed E-state index contributed by atoms with van der Waals surface area (Å²) < 4.78 is 2.21. The van der Waals surface area contributed by atoms with E-state index >= 15 is 0 Å². The molecule has 3 rings (SSSR count). The molecule has 0 aliphatic carbocycles. The minimum Gasteiger partial charge on any atom is -0.357 e. The van der Waals surface area contributed by atoms with E-state index in [0.717, 1.165) is 6.42 Å². The highest BCUT2D eigenvalue weighted by molar-refractivity contribution is 5.85. The second-order valence-electron chi connectivity index (χ2n) is 3.59. The molecule has 0 saturated heterocycles. The quantitative estimate of drug-likeness (QED) is 0.600. The fraction of sp³-hybridized carbons (Fsp3) is 0.167. The molecule has 0 bridgehead atoms. The first-order chi connectivity index (χ1) is 6.88. The van der Waals surface area contributed by atoms with E-state index in [1.165, 1.54) is 22.2 Å². The number of aryl methyl sites for hydroxylation is 1. The van der Waals surface area contributed by atoms with Crippen LogP contribution in [0.3, 0.4) is 0 Å². The third-order valence-electron chi connectivity index (χ3n) is 2.71. The number of pyridine rings is 1. The maximum Gasteiger partial charge on any atom is 0.0709 e. The molecule has 14 heavy (non-hydrogen) atoms. The molecule has 0 unspecified atom stereocenters. The van der Waals surface area contributed by atoms with Crippen LogP contribution in [0.25, 0.3) is 16.6 Å². The Kier molecular flexibility index (Phi) is 1.45. The standard InChI is InChI=1S/C12H12N2/c1-2-9-7-12-11(13-9)8-10-5-3-4-6-14(10)12/h3-8,13H,2H2,1H3. The summed E-state index contributed by atoms with van der Waals surface area (Å²) in [6.07, 6.45) is 3.16. The van der Waals surface area contributed by atoms with Crippen LogP contribution >= 0.6 is 0 Å². The van der Waals surface area contributed by atoms with Gasteiger partial charge < -0.3 is 9.38 Å². The first-order valence-corrected chi connectivity index (χ1v) is 4.96. The molecule has 0 spiro atoms. The molecule has 3 aromatic rings. The SMILES string of the molecule is CCc1cc2c(cc3ccccn32)[nH]1. The van der Waals surface area contributed by atoms with Crippen LogP contribution in [-0.2, 0) is 6.42 Å². The largest absolute Gasteiger partial charge is 0.357 e. The highest BCUT2D eigenvalue weighted by Crippen LogP contribution is 2.20. The number of rotatable bonds is 1. The van der Waals surface area contributed by atoms with Gasteiger partial charge in [0.2, 0.25) is 0 Å². The summed E-state index contributed by atoms with van der Waals surface area (Å²) in [5.74, 6) is 0. The fourth-order valence-electron chi connectivity index (χ4n) is 1.96. The Balaban J connectivity index is 2.45. The van der Waals surface area contributed by atoms with Gasteiger partial charge in [0.05, 0.1) is 11.0 Å². The van der Waals surface area contributed by atoms with E-state index in [0.29, 0.717) is 0 Å². The second-order valence-corrected chi connectivity index (χ2v) is 3.59. The van der Waals surface area contributed by atoms with Gasteiger partial charge in [-0.2, -0.15) is 0 Å². The molecule has 2 nitrogen and oxygen atoms in total. The molecule has 0 aromatic carbocycles. The van der Waals surface area contributed by atoms with Gasteiger partial charge >= 0.3 is 0 Å². The summed E-state index contributed by atoms with van der Waals surface area (Å²) in [6.45, 7) is 2.16. The topological polar surface area (TPSA) is 20.2 Å². The Morgan fingerprint density at radius 2 is 2.21 bits per heavy atom. The third kappa shape index (κ3) is 0.909. The van der Waals surface area contributed by atoms with Crippen LogP contribution < -0.4 is 0 Å². The lowest BCUT2D eigenvalue weighted by Gasteiger charge is -1.92. The first-order valence-electron chi connectivity index (χ1n) is 4.96. The number of hydrogen-bond acceptors (Lipinski definition) is 0. The number of fused-ring (bicyclic) bond motifs is 3. The van der Waals surface area contributed by atoms with E-state index in [-0.39, 0.29) is 0 Å². The predicted octanol–water partition coefficient (Wildman–Crippen LogP) is 2.98. The zero-order chi connectivity index (χ0) is 9.54. The summed E-state index contributed by atoms with van der Waals surface area (Å²) in [5.41, 5.74) is 5.05. The van der Waals surface area contributed by atoms with Gasteiger partial charge in [0.1, 0.15) is 0 Å². The molecule has 0 saturated carbocycles. The maximum atomic E-state index is 3.41. The molecule has 70 valence electrons. The molecule has 0 atom stereocenters. The summed E-state index contributed by atoms with van der Waals surface area (Å²) in [5, 5.41) is 0. The predicted molar refractivity (Wildman–Crippen MR) is 58.6 cm³/mol. The summed E-state index contributed by atoms with van der Waals surface area (Å²) in [7, 11) is 0. The molecule has 0 fully saturated rings. The van der Waals surface area contributed by atoms with Gasteiger partial charge in [-0.25, -0.2) is 0 Å². The Labute approximate surface area is 82.2 Å². The molecule has 1 N–H and O–H groups in total. The van der Waals surface area contributed by atoms with E-state index in [1.807, 2.05) is 0 Å². The Morgan fingerprint density at radius 1 is 1.29 bits per heavy atom. The van der Waals surface area contributed by atoms with Gasteiger partial charge in [-0.05, 0) is 30.7 Å². The molecule has 0 aliphatic rings. The number of H-pyrrole nitrogens is 1. The Morgan fingerprint density at radius 3 is 3.07 bits per heavy atom. The smallest absolute Gasteiger partial charge is 0.0709 e. The fourth-order valence-corrected chi connectivity index (χ4v) is 1.96. The van der Waals surface area contributed by atoms with Crippen molar-refractivity contribution < 1.29 is 0 Å². The van der Waals surface area contributed by atoms with Crippen molar-refractivity contribution in [2.75, 3.05) is 0 Å². The number of aromatic nitrogens is 2. The molecular formula is C12H12N2. The minimum atomic E-state index is 1.06. The molecule has 2 heteroatoms. The Bertz CT molecular complexity index is 586. The highest BCUT2D eigenvalue weighted by Gasteiger charge is 2.04. The van der Waals surface area contributed by atoms with Crippen LogP contribution in [0.15, 0.2) is 36.5 Å².